The zero-order valence-corrected chi connectivity index (χ0v) is 14.8. The van der Waals surface area contributed by atoms with Gasteiger partial charge in [0.05, 0.1) is 5.69 Å². The number of aromatic nitrogens is 2. The van der Waals surface area contributed by atoms with Gasteiger partial charge in [-0.25, -0.2) is 9.37 Å². The number of likely N-dealkylation sites (N-methyl/N-ethyl adjacent to an activating group) is 2. The van der Waals surface area contributed by atoms with Gasteiger partial charge in [0.1, 0.15) is 11.6 Å². The van der Waals surface area contributed by atoms with Crippen molar-refractivity contribution in [1.29, 1.82) is 0 Å². The summed E-state index contributed by atoms with van der Waals surface area (Å²) in [6, 6.07) is 4.81. The first kappa shape index (κ1) is 17.2. The van der Waals surface area contributed by atoms with E-state index >= 15 is 0 Å². The average molecular weight is 342 g/mol. The molecule has 0 spiro atoms. The third kappa shape index (κ3) is 3.88. The van der Waals surface area contributed by atoms with E-state index in [2.05, 4.69) is 25.1 Å². The molecule has 0 saturated carbocycles. The molecule has 132 valence electrons. The Bertz CT molecular complexity index is 802. The summed E-state index contributed by atoms with van der Waals surface area (Å²) in [5, 5.41) is 3.23. The summed E-state index contributed by atoms with van der Waals surface area (Å²) in [4.78, 5) is 13.1. The second-order valence-electron chi connectivity index (χ2n) is 6.46. The number of fused-ring (bicyclic) bond motifs is 1. The Labute approximate surface area is 147 Å². The number of nitrogens with one attached hydrogen (secondary N) is 1. The molecule has 25 heavy (non-hydrogen) atoms. The van der Waals surface area contributed by atoms with E-state index in [1.807, 2.05) is 33.4 Å². The lowest BCUT2D eigenvalue weighted by Crippen LogP contribution is -2.26. The monoisotopic (exact) mass is 342 g/mol. The molecule has 6 nitrogen and oxygen atoms in total. The Morgan fingerprint density at radius 3 is 2.88 bits per heavy atom. The van der Waals surface area contributed by atoms with Crippen LogP contribution in [0.4, 0.5) is 21.8 Å². The summed E-state index contributed by atoms with van der Waals surface area (Å²) in [5.41, 5.74) is 8.74. The van der Waals surface area contributed by atoms with Crippen LogP contribution >= 0.6 is 0 Å². The van der Waals surface area contributed by atoms with Gasteiger partial charge < -0.3 is 20.9 Å². The van der Waals surface area contributed by atoms with E-state index in [1.165, 1.54) is 6.07 Å². The van der Waals surface area contributed by atoms with Gasteiger partial charge in [-0.1, -0.05) is 6.07 Å². The minimum Gasteiger partial charge on any atom is -0.396 e. The van der Waals surface area contributed by atoms with E-state index in [9.17, 15) is 4.39 Å². The number of nitrogen functional groups attached to an aromatic ring is 1. The first-order valence-electron chi connectivity index (χ1n) is 8.17. The highest BCUT2D eigenvalue weighted by Crippen LogP contribution is 2.31. The molecule has 2 heterocycles. The molecule has 0 unspecified atom stereocenters. The van der Waals surface area contributed by atoms with Crippen molar-refractivity contribution in [3.63, 3.8) is 0 Å². The molecule has 0 radical (unpaired) electrons. The molecule has 2 aromatic rings. The maximum absolute atomic E-state index is 13.4. The van der Waals surface area contributed by atoms with Crippen molar-refractivity contribution in [3.8, 4) is 0 Å². The fourth-order valence-corrected chi connectivity index (χ4v) is 2.75. The number of rotatable bonds is 5. The number of benzene rings is 1. The van der Waals surface area contributed by atoms with Gasteiger partial charge in [0.2, 0.25) is 5.95 Å². The molecule has 3 N–H and O–H groups in total. The predicted molar refractivity (Wildman–Crippen MR) is 101 cm³/mol. The summed E-state index contributed by atoms with van der Waals surface area (Å²) in [7, 11) is 6.03. The van der Waals surface area contributed by atoms with Gasteiger partial charge in [0.15, 0.2) is 0 Å². The van der Waals surface area contributed by atoms with E-state index in [-0.39, 0.29) is 5.69 Å². The Hall–Kier alpha value is -2.67. The first-order valence-corrected chi connectivity index (χ1v) is 8.17. The van der Waals surface area contributed by atoms with Crippen LogP contribution in [0, 0.1) is 5.82 Å². The van der Waals surface area contributed by atoms with Crippen molar-refractivity contribution in [3.05, 3.63) is 41.3 Å². The Kier molecular flexibility index (Phi) is 4.85. The van der Waals surface area contributed by atoms with Crippen LogP contribution in [0.3, 0.4) is 0 Å². The topological polar surface area (TPSA) is 70.3 Å². The Balaban J connectivity index is 1.84. The van der Waals surface area contributed by atoms with Gasteiger partial charge >= 0.3 is 0 Å². The van der Waals surface area contributed by atoms with Crippen molar-refractivity contribution in [1.82, 2.24) is 14.9 Å². The molecule has 0 amide bonds. The molecular weight excluding hydrogens is 319 g/mol. The van der Waals surface area contributed by atoms with E-state index in [4.69, 9.17) is 5.73 Å². The largest absolute Gasteiger partial charge is 0.396 e. The summed E-state index contributed by atoms with van der Waals surface area (Å²) in [6.45, 7) is 2.37. The van der Waals surface area contributed by atoms with Crippen LogP contribution in [0.5, 0.6) is 0 Å². The van der Waals surface area contributed by atoms with Crippen molar-refractivity contribution >= 4 is 29.1 Å². The van der Waals surface area contributed by atoms with Crippen molar-refractivity contribution in [2.24, 2.45) is 0 Å². The van der Waals surface area contributed by atoms with Gasteiger partial charge in [-0.3, -0.25) is 0 Å². The summed E-state index contributed by atoms with van der Waals surface area (Å²) >= 11 is 0. The highest BCUT2D eigenvalue weighted by atomic mass is 19.1. The van der Waals surface area contributed by atoms with Gasteiger partial charge in [-0.05, 0) is 43.4 Å². The van der Waals surface area contributed by atoms with Crippen LogP contribution in [0.25, 0.3) is 11.6 Å². The van der Waals surface area contributed by atoms with Gasteiger partial charge in [0.25, 0.3) is 0 Å². The first-order chi connectivity index (χ1) is 11.9. The van der Waals surface area contributed by atoms with E-state index in [0.717, 1.165) is 35.6 Å². The Morgan fingerprint density at radius 1 is 1.36 bits per heavy atom. The number of nitrogens with zero attached hydrogens (tertiary/aromatic N) is 4. The molecule has 0 fully saturated rings. The molecule has 1 aliphatic rings. The molecule has 7 heteroatoms. The maximum atomic E-state index is 13.4. The number of nitrogens with two attached hydrogens (primary N) is 1. The predicted octanol–water partition coefficient (Wildman–Crippen LogP) is 2.16. The average Bonchev–Trinajstić information content (AvgIpc) is 2.57. The van der Waals surface area contributed by atoms with Crippen LogP contribution in [0.15, 0.2) is 24.4 Å². The molecular formula is C18H23FN6. The van der Waals surface area contributed by atoms with Crippen LogP contribution in [0.2, 0.25) is 0 Å². The number of halogens is 1. The zero-order valence-electron chi connectivity index (χ0n) is 14.8. The fourth-order valence-electron chi connectivity index (χ4n) is 2.75. The molecule has 1 aromatic heterocycles. The second kappa shape index (κ2) is 7.06. The zero-order chi connectivity index (χ0) is 18.0. The number of hydrogen-bond acceptors (Lipinski definition) is 6. The molecule has 0 aliphatic carbocycles. The third-order valence-corrected chi connectivity index (χ3v) is 4.10. The fraction of sp³-hybridized carbons (Fsp3) is 0.333. The molecule has 1 aliphatic heterocycles. The van der Waals surface area contributed by atoms with Gasteiger partial charge in [-0.15, -0.1) is 0 Å². The number of anilines is 3. The lowest BCUT2D eigenvalue weighted by atomic mass is 9.99. The van der Waals surface area contributed by atoms with Crippen LogP contribution < -0.4 is 16.0 Å². The molecule has 0 saturated heterocycles. The van der Waals surface area contributed by atoms with Gasteiger partial charge in [-0.2, -0.15) is 4.98 Å². The molecule has 0 bridgehead atoms. The van der Waals surface area contributed by atoms with Gasteiger partial charge in [0, 0.05) is 38.4 Å². The van der Waals surface area contributed by atoms with Crippen molar-refractivity contribution < 1.29 is 4.39 Å². The quantitative estimate of drug-likeness (QED) is 0.812. The van der Waals surface area contributed by atoms with Crippen LogP contribution in [-0.2, 0) is 0 Å². The molecule has 0 atom stereocenters. The SMILES string of the molecule is CN(C)CCNc1ncc2c(n1)N(C)CC(c1ccc(F)c(N)c1)=C2. The van der Waals surface area contributed by atoms with E-state index in [1.54, 1.807) is 12.1 Å². The minimum absolute atomic E-state index is 0.156. The van der Waals surface area contributed by atoms with E-state index < -0.39 is 5.82 Å². The minimum atomic E-state index is -0.398. The van der Waals surface area contributed by atoms with Crippen molar-refractivity contribution in [2.45, 2.75) is 0 Å². The Morgan fingerprint density at radius 2 is 2.16 bits per heavy atom. The number of hydrogen-bond donors (Lipinski definition) is 2. The summed E-state index contributed by atoms with van der Waals surface area (Å²) in [6.07, 6.45) is 3.84. The van der Waals surface area contributed by atoms with E-state index in [0.29, 0.717) is 12.5 Å². The highest BCUT2D eigenvalue weighted by Gasteiger charge is 2.19. The van der Waals surface area contributed by atoms with Crippen LogP contribution in [0.1, 0.15) is 11.1 Å². The normalized spacial score (nSPS) is 13.6. The maximum Gasteiger partial charge on any atom is 0.224 e. The standard InChI is InChI=1S/C18H23FN6/c1-24(2)7-6-21-18-22-10-13-8-14(11-25(3)17(13)23-18)12-4-5-15(19)16(20)9-12/h4-5,8-10H,6-7,11,20H2,1-3H3,(H,21,22,23). The summed E-state index contributed by atoms with van der Waals surface area (Å²) in [5.74, 6) is 1.10. The smallest absolute Gasteiger partial charge is 0.224 e. The van der Waals surface area contributed by atoms with Crippen molar-refractivity contribution in [2.75, 3.05) is 56.7 Å². The lowest BCUT2D eigenvalue weighted by molar-refractivity contribution is 0.425. The molecule has 3 rings (SSSR count). The summed E-state index contributed by atoms with van der Waals surface area (Å²) < 4.78 is 13.4. The second-order valence-corrected chi connectivity index (χ2v) is 6.46. The van der Waals surface area contributed by atoms with Crippen LogP contribution in [-0.4, -0.2) is 55.6 Å². The lowest BCUT2D eigenvalue weighted by Gasteiger charge is -2.27. The highest BCUT2D eigenvalue weighted by molar-refractivity contribution is 5.90. The third-order valence-electron chi connectivity index (χ3n) is 4.10. The molecule has 1 aromatic carbocycles.